The van der Waals surface area contributed by atoms with Crippen molar-refractivity contribution in [3.05, 3.63) is 54.5 Å². The molecule has 1 atom stereocenters. The third kappa shape index (κ3) is 3.20. The lowest BCUT2D eigenvalue weighted by Crippen LogP contribution is -2.40. The van der Waals surface area contributed by atoms with Crippen LogP contribution >= 0.6 is 0 Å². The van der Waals surface area contributed by atoms with E-state index in [9.17, 15) is 4.79 Å². The predicted molar refractivity (Wildman–Crippen MR) is 101 cm³/mol. The number of aromatic nitrogens is 3. The van der Waals surface area contributed by atoms with E-state index in [2.05, 4.69) is 27.2 Å². The largest absolute Gasteiger partial charge is 0.350 e. The summed E-state index contributed by atoms with van der Waals surface area (Å²) in [7, 11) is 0. The van der Waals surface area contributed by atoms with Crippen LogP contribution in [0.4, 0.5) is 0 Å². The molecular weight excluding hydrogens is 326 g/mol. The predicted octanol–water partition coefficient (Wildman–Crippen LogP) is 2.61. The second-order valence-electron chi connectivity index (χ2n) is 6.66. The topological polar surface area (TPSA) is 62.5 Å². The van der Waals surface area contributed by atoms with Gasteiger partial charge in [-0.15, -0.1) is 0 Å². The van der Waals surface area contributed by atoms with Gasteiger partial charge in [0.1, 0.15) is 0 Å². The summed E-state index contributed by atoms with van der Waals surface area (Å²) in [6.07, 6.45) is 7.81. The highest BCUT2D eigenvalue weighted by Crippen LogP contribution is 2.23. The number of likely N-dealkylation sites (tertiary alicyclic amines) is 1. The standard InChI is InChI=1S/C20H23N5O/c1-2-24-11-3-5-17(24)13-22-20(26)16-8-6-15(7-9-16)18-14-23-25-12-4-10-21-19(18)25/h4,6-10,12,14,17H,2-3,5,11,13H2,1H3,(H,22,26)/t17-/m0/s1. The minimum Gasteiger partial charge on any atom is -0.350 e. The lowest BCUT2D eigenvalue weighted by Gasteiger charge is -2.22. The molecule has 1 aromatic carbocycles. The fourth-order valence-corrected chi connectivity index (χ4v) is 3.69. The van der Waals surface area contributed by atoms with Crippen LogP contribution in [0, 0.1) is 0 Å². The van der Waals surface area contributed by atoms with Crippen molar-refractivity contribution in [3.63, 3.8) is 0 Å². The summed E-state index contributed by atoms with van der Waals surface area (Å²) in [5.74, 6) is -0.0162. The Balaban J connectivity index is 1.45. The van der Waals surface area contributed by atoms with Crippen molar-refractivity contribution in [3.8, 4) is 11.1 Å². The van der Waals surface area contributed by atoms with E-state index in [4.69, 9.17) is 0 Å². The van der Waals surface area contributed by atoms with Gasteiger partial charge in [-0.05, 0) is 49.7 Å². The van der Waals surface area contributed by atoms with Crippen LogP contribution in [0.15, 0.2) is 48.9 Å². The van der Waals surface area contributed by atoms with Crippen LogP contribution in [0.2, 0.25) is 0 Å². The molecule has 0 spiro atoms. The van der Waals surface area contributed by atoms with Gasteiger partial charge in [-0.2, -0.15) is 5.10 Å². The summed E-state index contributed by atoms with van der Waals surface area (Å²) in [5, 5.41) is 7.39. The molecule has 0 aliphatic carbocycles. The molecule has 0 bridgehead atoms. The maximum absolute atomic E-state index is 12.4. The smallest absolute Gasteiger partial charge is 0.251 e. The van der Waals surface area contributed by atoms with Crippen molar-refractivity contribution in [2.75, 3.05) is 19.6 Å². The minimum absolute atomic E-state index is 0.0162. The molecule has 1 amide bonds. The maximum Gasteiger partial charge on any atom is 0.251 e. The number of rotatable bonds is 5. The Labute approximate surface area is 152 Å². The van der Waals surface area contributed by atoms with E-state index in [0.29, 0.717) is 18.2 Å². The Morgan fingerprint density at radius 1 is 1.31 bits per heavy atom. The first-order valence-corrected chi connectivity index (χ1v) is 9.17. The van der Waals surface area contributed by atoms with E-state index in [1.54, 1.807) is 16.9 Å². The van der Waals surface area contributed by atoms with Gasteiger partial charge in [-0.1, -0.05) is 19.1 Å². The molecule has 1 aliphatic heterocycles. The van der Waals surface area contributed by atoms with Crippen molar-refractivity contribution in [1.29, 1.82) is 0 Å². The van der Waals surface area contributed by atoms with Crippen LogP contribution in [0.1, 0.15) is 30.1 Å². The molecule has 0 saturated carbocycles. The Hall–Kier alpha value is -2.73. The minimum atomic E-state index is -0.0162. The van der Waals surface area contributed by atoms with E-state index in [1.807, 2.05) is 36.5 Å². The highest BCUT2D eigenvalue weighted by atomic mass is 16.1. The molecule has 1 N–H and O–H groups in total. The fraction of sp³-hybridized carbons (Fsp3) is 0.350. The van der Waals surface area contributed by atoms with Crippen LogP contribution < -0.4 is 5.32 Å². The van der Waals surface area contributed by atoms with Crippen LogP contribution in [0.3, 0.4) is 0 Å². The highest BCUT2D eigenvalue weighted by molar-refractivity contribution is 5.95. The fourth-order valence-electron chi connectivity index (χ4n) is 3.69. The highest BCUT2D eigenvalue weighted by Gasteiger charge is 2.23. The molecule has 6 nitrogen and oxygen atoms in total. The average molecular weight is 349 g/mol. The molecule has 2 aromatic heterocycles. The van der Waals surface area contributed by atoms with Crippen molar-refractivity contribution in [2.24, 2.45) is 0 Å². The van der Waals surface area contributed by atoms with Crippen LogP contribution in [-0.2, 0) is 0 Å². The van der Waals surface area contributed by atoms with Gasteiger partial charge < -0.3 is 5.32 Å². The maximum atomic E-state index is 12.4. The van der Waals surface area contributed by atoms with E-state index in [-0.39, 0.29) is 5.91 Å². The van der Waals surface area contributed by atoms with Crippen molar-refractivity contribution in [2.45, 2.75) is 25.8 Å². The van der Waals surface area contributed by atoms with E-state index < -0.39 is 0 Å². The summed E-state index contributed by atoms with van der Waals surface area (Å²) < 4.78 is 1.75. The zero-order chi connectivity index (χ0) is 17.9. The molecule has 1 fully saturated rings. The first-order valence-electron chi connectivity index (χ1n) is 9.17. The second-order valence-corrected chi connectivity index (χ2v) is 6.66. The number of hydrogen-bond donors (Lipinski definition) is 1. The first-order chi connectivity index (χ1) is 12.8. The monoisotopic (exact) mass is 349 g/mol. The van der Waals surface area contributed by atoms with Gasteiger partial charge in [0.2, 0.25) is 0 Å². The van der Waals surface area contributed by atoms with Crippen LogP contribution in [0.5, 0.6) is 0 Å². The number of carbonyl (C=O) groups is 1. The second kappa shape index (κ2) is 7.25. The normalized spacial score (nSPS) is 17.7. The molecule has 0 radical (unpaired) electrons. The van der Waals surface area contributed by atoms with E-state index >= 15 is 0 Å². The van der Waals surface area contributed by atoms with Crippen LogP contribution in [-0.4, -0.2) is 51.1 Å². The third-order valence-corrected chi connectivity index (χ3v) is 5.14. The Morgan fingerprint density at radius 2 is 2.15 bits per heavy atom. The summed E-state index contributed by atoms with van der Waals surface area (Å²) in [4.78, 5) is 19.3. The average Bonchev–Trinajstić information content (AvgIpc) is 3.32. The van der Waals surface area contributed by atoms with Gasteiger partial charge >= 0.3 is 0 Å². The number of nitrogens with one attached hydrogen (secondary N) is 1. The lowest BCUT2D eigenvalue weighted by molar-refractivity contribution is 0.0941. The molecule has 134 valence electrons. The molecule has 0 unspecified atom stereocenters. The molecule has 1 aliphatic rings. The number of carbonyl (C=O) groups excluding carboxylic acids is 1. The zero-order valence-electron chi connectivity index (χ0n) is 14.9. The number of fused-ring (bicyclic) bond motifs is 1. The van der Waals surface area contributed by atoms with Crippen LogP contribution in [0.25, 0.3) is 16.8 Å². The Bertz CT molecular complexity index is 902. The zero-order valence-corrected chi connectivity index (χ0v) is 14.9. The molecule has 3 aromatic rings. The van der Waals surface area contributed by atoms with Gasteiger partial charge in [0.05, 0.1) is 6.20 Å². The molecule has 1 saturated heterocycles. The number of amides is 1. The molecule has 3 heterocycles. The molecule has 6 heteroatoms. The van der Waals surface area contributed by atoms with E-state index in [0.717, 1.165) is 36.3 Å². The van der Waals surface area contributed by atoms with Gasteiger partial charge in [0.25, 0.3) is 5.91 Å². The Morgan fingerprint density at radius 3 is 2.96 bits per heavy atom. The molecule has 26 heavy (non-hydrogen) atoms. The Kier molecular flexibility index (Phi) is 4.67. The third-order valence-electron chi connectivity index (χ3n) is 5.14. The quantitative estimate of drug-likeness (QED) is 0.769. The summed E-state index contributed by atoms with van der Waals surface area (Å²) in [6.45, 7) is 5.07. The molecule has 4 rings (SSSR count). The lowest BCUT2D eigenvalue weighted by atomic mass is 10.1. The molecular formula is C20H23N5O. The van der Waals surface area contributed by atoms with Crippen molar-refractivity contribution in [1.82, 2.24) is 24.8 Å². The van der Waals surface area contributed by atoms with Gasteiger partial charge in [0.15, 0.2) is 5.65 Å². The summed E-state index contributed by atoms with van der Waals surface area (Å²) in [6, 6.07) is 9.95. The van der Waals surface area contributed by atoms with Gasteiger partial charge in [0, 0.05) is 36.1 Å². The summed E-state index contributed by atoms with van der Waals surface area (Å²) >= 11 is 0. The summed E-state index contributed by atoms with van der Waals surface area (Å²) in [5.41, 5.74) is 3.45. The number of benzene rings is 1. The van der Waals surface area contributed by atoms with Gasteiger partial charge in [-0.3, -0.25) is 9.69 Å². The van der Waals surface area contributed by atoms with Gasteiger partial charge in [-0.25, -0.2) is 9.50 Å². The van der Waals surface area contributed by atoms with Crippen molar-refractivity contribution >= 4 is 11.6 Å². The number of nitrogens with zero attached hydrogens (tertiary/aromatic N) is 4. The van der Waals surface area contributed by atoms with Crippen molar-refractivity contribution < 1.29 is 4.79 Å². The number of likely N-dealkylation sites (N-methyl/N-ethyl adjacent to an activating group) is 1. The SMILES string of the molecule is CCN1CCC[C@H]1CNC(=O)c1ccc(-c2cnn3cccnc23)cc1. The first kappa shape index (κ1) is 16.7. The van der Waals surface area contributed by atoms with E-state index in [1.165, 1.54) is 6.42 Å². The number of hydrogen-bond acceptors (Lipinski definition) is 4.